The Labute approximate surface area is 59.7 Å². The number of benzene rings is 1. The highest BCUT2D eigenvalue weighted by Crippen LogP contribution is 2.20. The van der Waals surface area contributed by atoms with E-state index in [0.717, 1.165) is 5.56 Å². The predicted octanol–water partition coefficient (Wildman–Crippen LogP) is 1.99. The van der Waals surface area contributed by atoms with Gasteiger partial charge in [0.15, 0.2) is 0 Å². The fourth-order valence-corrected chi connectivity index (χ4v) is 0.773. The van der Waals surface area contributed by atoms with Crippen LogP contribution >= 0.6 is 12.6 Å². The largest absolute Gasteiger partial charge is 0.507 e. The number of hydrogen-bond donors (Lipinski definition) is 2. The molecule has 0 atom stereocenters. The molecule has 0 unspecified atom stereocenters. The lowest BCUT2D eigenvalue weighted by Gasteiger charge is -1.96. The molecule has 0 aliphatic rings. The van der Waals surface area contributed by atoms with Gasteiger partial charge >= 0.3 is 0 Å². The SMILES string of the molecule is Cc1ccc(S)c(O)c1. The summed E-state index contributed by atoms with van der Waals surface area (Å²) in [5, 5.41) is 9.02. The molecule has 1 aromatic rings. The van der Waals surface area contributed by atoms with Crippen LogP contribution < -0.4 is 0 Å². The normalized spacial score (nSPS) is 9.56. The Balaban J connectivity index is 3.17. The molecule has 0 aromatic heterocycles. The number of phenolic OH excluding ortho intramolecular Hbond substituents is 1. The zero-order valence-corrected chi connectivity index (χ0v) is 6.02. The van der Waals surface area contributed by atoms with Gasteiger partial charge in [-0.1, -0.05) is 6.07 Å². The first kappa shape index (κ1) is 6.49. The fourth-order valence-electron chi connectivity index (χ4n) is 0.633. The molecule has 2 heteroatoms. The molecule has 1 N–H and O–H groups in total. The highest BCUT2D eigenvalue weighted by Gasteiger charge is 1.92. The third-order valence-corrected chi connectivity index (χ3v) is 1.51. The molecule has 0 amide bonds. The molecule has 0 heterocycles. The van der Waals surface area contributed by atoms with E-state index in [9.17, 15) is 0 Å². The minimum Gasteiger partial charge on any atom is -0.507 e. The van der Waals surface area contributed by atoms with Gasteiger partial charge in [-0.3, -0.25) is 0 Å². The van der Waals surface area contributed by atoms with Crippen molar-refractivity contribution in [2.75, 3.05) is 0 Å². The van der Waals surface area contributed by atoms with Crippen LogP contribution in [0.3, 0.4) is 0 Å². The Morgan fingerprint density at radius 3 is 2.56 bits per heavy atom. The van der Waals surface area contributed by atoms with Gasteiger partial charge in [-0.2, -0.15) is 0 Å². The monoisotopic (exact) mass is 140 g/mol. The lowest BCUT2D eigenvalue weighted by molar-refractivity contribution is 0.462. The third-order valence-electron chi connectivity index (χ3n) is 1.13. The summed E-state index contributed by atoms with van der Waals surface area (Å²) >= 11 is 4.00. The molecule has 0 spiro atoms. The van der Waals surface area contributed by atoms with Gasteiger partial charge < -0.3 is 5.11 Å². The molecular weight excluding hydrogens is 132 g/mol. The van der Waals surface area contributed by atoms with E-state index in [4.69, 9.17) is 5.11 Å². The molecule has 0 saturated carbocycles. The number of thiol groups is 1. The van der Waals surface area contributed by atoms with Crippen LogP contribution in [0.5, 0.6) is 5.75 Å². The first-order valence-electron chi connectivity index (χ1n) is 2.69. The summed E-state index contributed by atoms with van der Waals surface area (Å²) in [6.45, 7) is 1.92. The molecule has 0 bridgehead atoms. The molecule has 1 aromatic carbocycles. The zero-order valence-electron chi connectivity index (χ0n) is 5.13. The Bertz CT molecular complexity index is 220. The van der Waals surface area contributed by atoms with Gasteiger partial charge in [0.1, 0.15) is 5.75 Å². The summed E-state index contributed by atoms with van der Waals surface area (Å²) in [4.78, 5) is 0.626. The van der Waals surface area contributed by atoms with E-state index in [2.05, 4.69) is 12.6 Å². The van der Waals surface area contributed by atoms with E-state index in [1.807, 2.05) is 13.0 Å². The van der Waals surface area contributed by atoms with Crippen LogP contribution in [0.15, 0.2) is 23.1 Å². The number of rotatable bonds is 0. The van der Waals surface area contributed by atoms with E-state index in [1.54, 1.807) is 12.1 Å². The highest BCUT2D eigenvalue weighted by molar-refractivity contribution is 7.80. The number of hydrogen-bond acceptors (Lipinski definition) is 2. The fraction of sp³-hybridized carbons (Fsp3) is 0.143. The molecule has 0 fully saturated rings. The summed E-state index contributed by atoms with van der Waals surface area (Å²) in [5.41, 5.74) is 1.05. The van der Waals surface area contributed by atoms with Crippen LogP contribution in [0, 0.1) is 6.92 Å². The summed E-state index contributed by atoms with van der Waals surface area (Å²) in [6, 6.07) is 5.36. The molecule has 0 aliphatic carbocycles. The summed E-state index contributed by atoms with van der Waals surface area (Å²) in [6.07, 6.45) is 0. The van der Waals surface area contributed by atoms with Gasteiger partial charge in [0.05, 0.1) is 0 Å². The average molecular weight is 140 g/mol. The van der Waals surface area contributed by atoms with Gasteiger partial charge in [0, 0.05) is 4.90 Å². The lowest BCUT2D eigenvalue weighted by Crippen LogP contribution is -1.71. The van der Waals surface area contributed by atoms with E-state index in [-0.39, 0.29) is 5.75 Å². The summed E-state index contributed by atoms with van der Waals surface area (Å²) in [5.74, 6) is 0.248. The van der Waals surface area contributed by atoms with Gasteiger partial charge in [-0.05, 0) is 24.6 Å². The maximum Gasteiger partial charge on any atom is 0.129 e. The van der Waals surface area contributed by atoms with Crippen LogP contribution in [-0.4, -0.2) is 5.11 Å². The second-order valence-electron chi connectivity index (χ2n) is 1.99. The molecule has 0 radical (unpaired) electrons. The van der Waals surface area contributed by atoms with Crippen molar-refractivity contribution < 1.29 is 5.11 Å². The van der Waals surface area contributed by atoms with Gasteiger partial charge in [-0.25, -0.2) is 0 Å². The molecule has 48 valence electrons. The Morgan fingerprint density at radius 2 is 2.11 bits per heavy atom. The number of phenols is 1. The maximum atomic E-state index is 9.02. The van der Waals surface area contributed by atoms with Crippen LogP contribution in [0.1, 0.15) is 5.56 Å². The minimum atomic E-state index is 0.248. The van der Waals surface area contributed by atoms with Crippen LogP contribution in [0.4, 0.5) is 0 Å². The first-order chi connectivity index (χ1) is 4.20. The second-order valence-corrected chi connectivity index (χ2v) is 2.47. The molecule has 9 heavy (non-hydrogen) atoms. The van der Waals surface area contributed by atoms with E-state index < -0.39 is 0 Å². The van der Waals surface area contributed by atoms with E-state index >= 15 is 0 Å². The van der Waals surface area contributed by atoms with Crippen molar-refractivity contribution in [2.24, 2.45) is 0 Å². The highest BCUT2D eigenvalue weighted by atomic mass is 32.1. The zero-order chi connectivity index (χ0) is 6.85. The van der Waals surface area contributed by atoms with Crippen molar-refractivity contribution in [3.05, 3.63) is 23.8 Å². The van der Waals surface area contributed by atoms with Crippen molar-refractivity contribution in [3.63, 3.8) is 0 Å². The molecule has 0 aliphatic heterocycles. The van der Waals surface area contributed by atoms with Crippen LogP contribution in [0.25, 0.3) is 0 Å². The van der Waals surface area contributed by atoms with Crippen molar-refractivity contribution >= 4 is 12.6 Å². The van der Waals surface area contributed by atoms with Gasteiger partial charge in [0.25, 0.3) is 0 Å². The standard InChI is InChI=1S/C7H8OS/c1-5-2-3-7(9)6(8)4-5/h2-4,8-9H,1H3. The van der Waals surface area contributed by atoms with Crippen molar-refractivity contribution in [2.45, 2.75) is 11.8 Å². The minimum absolute atomic E-state index is 0.248. The van der Waals surface area contributed by atoms with Crippen LogP contribution in [0.2, 0.25) is 0 Å². The van der Waals surface area contributed by atoms with Crippen molar-refractivity contribution in [3.8, 4) is 5.75 Å². The molecule has 0 saturated heterocycles. The molecular formula is C7H8OS. The average Bonchev–Trinajstić information content (AvgIpc) is 1.80. The lowest BCUT2D eigenvalue weighted by atomic mass is 10.2. The van der Waals surface area contributed by atoms with Gasteiger partial charge in [0.2, 0.25) is 0 Å². The van der Waals surface area contributed by atoms with Crippen molar-refractivity contribution in [1.29, 1.82) is 0 Å². The number of aryl methyl sites for hydroxylation is 1. The van der Waals surface area contributed by atoms with Crippen LogP contribution in [-0.2, 0) is 0 Å². The quantitative estimate of drug-likeness (QED) is 0.528. The maximum absolute atomic E-state index is 9.02. The topological polar surface area (TPSA) is 20.2 Å². The second kappa shape index (κ2) is 2.31. The molecule has 1 rings (SSSR count). The third kappa shape index (κ3) is 1.39. The smallest absolute Gasteiger partial charge is 0.129 e. The summed E-state index contributed by atoms with van der Waals surface area (Å²) in [7, 11) is 0. The van der Waals surface area contributed by atoms with E-state index in [0.29, 0.717) is 4.90 Å². The molecule has 1 nitrogen and oxygen atoms in total. The Kier molecular flexibility index (Phi) is 1.67. The summed E-state index contributed by atoms with van der Waals surface area (Å²) < 4.78 is 0. The van der Waals surface area contributed by atoms with E-state index in [1.165, 1.54) is 0 Å². The first-order valence-corrected chi connectivity index (χ1v) is 3.13. The Morgan fingerprint density at radius 1 is 1.44 bits per heavy atom. The number of aromatic hydroxyl groups is 1. The van der Waals surface area contributed by atoms with Crippen molar-refractivity contribution in [1.82, 2.24) is 0 Å². The Hall–Kier alpha value is -0.630. The van der Waals surface area contributed by atoms with Gasteiger partial charge in [-0.15, -0.1) is 12.6 Å². The predicted molar refractivity (Wildman–Crippen MR) is 40.1 cm³/mol.